The fourth-order valence-corrected chi connectivity index (χ4v) is 2.43. The molecular weight excluding hydrogens is 364 g/mol. The maximum Gasteiger partial charge on any atom is 0.306 e. The monoisotopic (exact) mass is 396 g/mol. The average Bonchev–Trinajstić information content (AvgIpc) is 2.67. The van der Waals surface area contributed by atoms with E-state index < -0.39 is 55.7 Å². The quantitative estimate of drug-likeness (QED) is 0.197. The molecule has 0 amide bonds. The molecular formula is C17H32O10. The fraction of sp³-hybridized carbons (Fsp3) is 0.941. The fourth-order valence-electron chi connectivity index (χ4n) is 2.43. The second-order valence-corrected chi connectivity index (χ2v) is 6.44. The van der Waals surface area contributed by atoms with Gasteiger partial charge in [0, 0.05) is 6.42 Å². The maximum absolute atomic E-state index is 11.9. The van der Waals surface area contributed by atoms with Crippen LogP contribution in [0.25, 0.3) is 0 Å². The number of carbonyl (C=O) groups excluding carboxylic acids is 1. The van der Waals surface area contributed by atoms with E-state index in [0.717, 1.165) is 6.42 Å². The van der Waals surface area contributed by atoms with Crippen molar-refractivity contribution in [3.8, 4) is 0 Å². The zero-order valence-corrected chi connectivity index (χ0v) is 15.8. The van der Waals surface area contributed by atoms with Gasteiger partial charge in [-0.1, -0.05) is 20.3 Å². The first-order chi connectivity index (χ1) is 12.8. The molecule has 1 heterocycles. The number of esters is 1. The van der Waals surface area contributed by atoms with Gasteiger partial charge in [0.25, 0.3) is 0 Å². The summed E-state index contributed by atoms with van der Waals surface area (Å²) in [5, 5.41) is 48.2. The minimum absolute atomic E-state index is 0.135. The molecule has 1 fully saturated rings. The summed E-state index contributed by atoms with van der Waals surface area (Å²) in [7, 11) is 0. The van der Waals surface area contributed by atoms with E-state index in [2.05, 4.69) is 0 Å². The molecule has 1 rings (SSSR count). The molecule has 1 aliphatic heterocycles. The third-order valence-electron chi connectivity index (χ3n) is 4.15. The lowest BCUT2D eigenvalue weighted by Gasteiger charge is -2.39. The smallest absolute Gasteiger partial charge is 0.306 e. The SMILES string of the molecule is CCCCC(=O)O[C@H](COC(O)CC)CO[C@@H]1O[C@H](CO)[C@H](O)[C@H](O)[C@H]1O. The van der Waals surface area contributed by atoms with E-state index in [1.165, 1.54) is 0 Å². The summed E-state index contributed by atoms with van der Waals surface area (Å²) in [4.78, 5) is 11.9. The van der Waals surface area contributed by atoms with Gasteiger partial charge in [-0.25, -0.2) is 0 Å². The van der Waals surface area contributed by atoms with Crippen molar-refractivity contribution in [2.75, 3.05) is 19.8 Å². The summed E-state index contributed by atoms with van der Waals surface area (Å²) < 4.78 is 21.1. The number of hydrogen-bond acceptors (Lipinski definition) is 10. The molecule has 1 aliphatic rings. The van der Waals surface area contributed by atoms with Gasteiger partial charge in [0.05, 0.1) is 19.8 Å². The number of hydrogen-bond donors (Lipinski definition) is 5. The van der Waals surface area contributed by atoms with E-state index >= 15 is 0 Å². The van der Waals surface area contributed by atoms with Crippen molar-refractivity contribution in [1.82, 2.24) is 0 Å². The number of aliphatic hydroxyl groups is 5. The Morgan fingerprint density at radius 3 is 2.41 bits per heavy atom. The van der Waals surface area contributed by atoms with Gasteiger partial charge in [0.2, 0.25) is 0 Å². The van der Waals surface area contributed by atoms with Crippen LogP contribution >= 0.6 is 0 Å². The van der Waals surface area contributed by atoms with Gasteiger partial charge >= 0.3 is 5.97 Å². The molecule has 0 bridgehead atoms. The first kappa shape index (κ1) is 24.2. The Balaban J connectivity index is 2.63. The predicted octanol–water partition coefficient (Wildman–Crippen LogP) is -1.35. The molecule has 0 radical (unpaired) electrons. The highest BCUT2D eigenvalue weighted by Crippen LogP contribution is 2.22. The lowest BCUT2D eigenvalue weighted by Crippen LogP contribution is -2.59. The van der Waals surface area contributed by atoms with Crippen molar-refractivity contribution in [3.63, 3.8) is 0 Å². The van der Waals surface area contributed by atoms with Crippen molar-refractivity contribution < 1.29 is 49.3 Å². The number of ether oxygens (including phenoxy) is 4. The Hall–Kier alpha value is -0.850. The molecule has 7 atom stereocenters. The third-order valence-corrected chi connectivity index (χ3v) is 4.15. The average molecular weight is 396 g/mol. The molecule has 0 aliphatic carbocycles. The Morgan fingerprint density at radius 1 is 1.11 bits per heavy atom. The van der Waals surface area contributed by atoms with E-state index in [0.29, 0.717) is 12.8 Å². The Bertz CT molecular complexity index is 419. The van der Waals surface area contributed by atoms with E-state index in [-0.39, 0.29) is 19.6 Å². The van der Waals surface area contributed by atoms with Crippen molar-refractivity contribution in [2.24, 2.45) is 0 Å². The van der Waals surface area contributed by atoms with E-state index in [1.807, 2.05) is 6.92 Å². The highest BCUT2D eigenvalue weighted by Gasteiger charge is 2.44. The molecule has 27 heavy (non-hydrogen) atoms. The van der Waals surface area contributed by atoms with Crippen LogP contribution in [0.3, 0.4) is 0 Å². The number of aliphatic hydroxyl groups excluding tert-OH is 5. The Labute approximate surface area is 158 Å². The molecule has 10 nitrogen and oxygen atoms in total. The predicted molar refractivity (Wildman–Crippen MR) is 91.4 cm³/mol. The van der Waals surface area contributed by atoms with Crippen LogP contribution in [-0.4, -0.2) is 94.4 Å². The standard InChI is InChI=1S/C17H32O10/c1-3-5-6-13(20)26-10(8-24-12(19)4-2)9-25-17-16(23)15(22)14(21)11(7-18)27-17/h10-12,14-19,21-23H,3-9H2,1-2H3/t10-,11-,12?,14+,15+,16-,17-/m1/s1. The van der Waals surface area contributed by atoms with Crippen molar-refractivity contribution >= 4 is 5.97 Å². The van der Waals surface area contributed by atoms with Gasteiger partial charge in [-0.05, 0) is 12.8 Å². The lowest BCUT2D eigenvalue weighted by molar-refractivity contribution is -0.306. The van der Waals surface area contributed by atoms with Crippen LogP contribution in [0.1, 0.15) is 39.5 Å². The molecule has 0 aromatic carbocycles. The normalized spacial score (nSPS) is 30.7. The van der Waals surface area contributed by atoms with Gasteiger partial charge < -0.3 is 44.5 Å². The minimum Gasteiger partial charge on any atom is -0.457 e. The Morgan fingerprint density at radius 2 is 1.81 bits per heavy atom. The van der Waals surface area contributed by atoms with Crippen LogP contribution in [-0.2, 0) is 23.7 Å². The molecule has 0 aromatic heterocycles. The molecule has 0 saturated carbocycles. The van der Waals surface area contributed by atoms with Gasteiger partial charge in [0.15, 0.2) is 12.6 Å². The summed E-state index contributed by atoms with van der Waals surface area (Å²) in [5.74, 6) is -0.450. The lowest BCUT2D eigenvalue weighted by atomic mass is 9.99. The van der Waals surface area contributed by atoms with Gasteiger partial charge in [-0.3, -0.25) is 4.79 Å². The van der Waals surface area contributed by atoms with Crippen LogP contribution in [0.4, 0.5) is 0 Å². The van der Waals surface area contributed by atoms with Crippen LogP contribution in [0.2, 0.25) is 0 Å². The van der Waals surface area contributed by atoms with Gasteiger partial charge in [-0.2, -0.15) is 0 Å². The van der Waals surface area contributed by atoms with Crippen LogP contribution in [0.5, 0.6) is 0 Å². The van der Waals surface area contributed by atoms with Gasteiger partial charge in [-0.15, -0.1) is 0 Å². The van der Waals surface area contributed by atoms with E-state index in [9.17, 15) is 30.3 Å². The summed E-state index contributed by atoms with van der Waals surface area (Å²) in [5.41, 5.74) is 0. The third kappa shape index (κ3) is 7.96. The first-order valence-electron chi connectivity index (χ1n) is 9.25. The summed E-state index contributed by atoms with van der Waals surface area (Å²) in [6, 6.07) is 0. The van der Waals surface area contributed by atoms with Crippen molar-refractivity contribution in [1.29, 1.82) is 0 Å². The van der Waals surface area contributed by atoms with Crippen molar-refractivity contribution in [2.45, 2.75) is 82.6 Å². The molecule has 1 saturated heterocycles. The molecule has 5 N–H and O–H groups in total. The van der Waals surface area contributed by atoms with Crippen molar-refractivity contribution in [3.05, 3.63) is 0 Å². The van der Waals surface area contributed by atoms with Crippen LogP contribution in [0.15, 0.2) is 0 Å². The number of rotatable bonds is 12. The zero-order valence-electron chi connectivity index (χ0n) is 15.8. The highest BCUT2D eigenvalue weighted by molar-refractivity contribution is 5.69. The molecule has 160 valence electrons. The second kappa shape index (κ2) is 12.6. The molecule has 0 spiro atoms. The molecule has 10 heteroatoms. The zero-order chi connectivity index (χ0) is 20.4. The molecule has 0 aromatic rings. The summed E-state index contributed by atoms with van der Waals surface area (Å²) >= 11 is 0. The van der Waals surface area contributed by atoms with E-state index in [1.54, 1.807) is 6.92 Å². The minimum atomic E-state index is -1.57. The van der Waals surface area contributed by atoms with Crippen LogP contribution < -0.4 is 0 Å². The van der Waals surface area contributed by atoms with Gasteiger partial charge in [0.1, 0.15) is 30.5 Å². The summed E-state index contributed by atoms with van der Waals surface area (Å²) in [6.45, 7) is 2.71. The second-order valence-electron chi connectivity index (χ2n) is 6.44. The number of unbranched alkanes of at least 4 members (excludes halogenated alkanes) is 1. The van der Waals surface area contributed by atoms with E-state index in [4.69, 9.17) is 18.9 Å². The largest absolute Gasteiger partial charge is 0.457 e. The topological polar surface area (TPSA) is 155 Å². The Kier molecular flexibility index (Phi) is 11.3. The summed E-state index contributed by atoms with van der Waals surface area (Å²) in [6.07, 6.45) is -6.87. The highest BCUT2D eigenvalue weighted by atomic mass is 16.7. The number of carbonyl (C=O) groups is 1. The maximum atomic E-state index is 11.9. The molecule has 1 unspecified atom stereocenters. The first-order valence-corrected chi connectivity index (χ1v) is 9.25. The van der Waals surface area contributed by atoms with Crippen LogP contribution in [0, 0.1) is 0 Å².